The van der Waals surface area contributed by atoms with Crippen LogP contribution in [0.2, 0.25) is 0 Å². The molecule has 0 saturated heterocycles. The molecule has 5 nitrogen and oxygen atoms in total. The van der Waals surface area contributed by atoms with Gasteiger partial charge in [0, 0.05) is 37.4 Å². The van der Waals surface area contributed by atoms with Crippen molar-refractivity contribution in [2.75, 3.05) is 30.0 Å². The van der Waals surface area contributed by atoms with E-state index in [9.17, 15) is 13.2 Å². The van der Waals surface area contributed by atoms with Crippen molar-refractivity contribution >= 4 is 23.1 Å². The van der Waals surface area contributed by atoms with E-state index in [0.29, 0.717) is 17.9 Å². The summed E-state index contributed by atoms with van der Waals surface area (Å²) < 4.78 is 39.1. The van der Waals surface area contributed by atoms with E-state index in [0.717, 1.165) is 28.5 Å². The summed E-state index contributed by atoms with van der Waals surface area (Å²) in [5, 5.41) is 15.1. The molecule has 0 atom stereocenters. The zero-order chi connectivity index (χ0) is 15.3. The number of thioether (sulfide) groups is 1. The van der Waals surface area contributed by atoms with Gasteiger partial charge in [-0.25, -0.2) is 9.50 Å². The molecule has 116 valence electrons. The van der Waals surface area contributed by atoms with Crippen molar-refractivity contribution < 1.29 is 18.3 Å². The molecular weight excluding hydrogens is 305 g/mol. The summed E-state index contributed by atoms with van der Waals surface area (Å²) >= 11 is 1.66. The van der Waals surface area contributed by atoms with Crippen molar-refractivity contribution in [2.24, 2.45) is 0 Å². The SMILES string of the molecule is OCCCSCCNc1nccn2nc(C(F)(F)F)cc12. The van der Waals surface area contributed by atoms with Gasteiger partial charge in [0.2, 0.25) is 0 Å². The summed E-state index contributed by atoms with van der Waals surface area (Å²) in [6, 6.07) is 0.980. The normalized spacial score (nSPS) is 12.0. The Morgan fingerprint density at radius 2 is 2.14 bits per heavy atom. The molecule has 2 N–H and O–H groups in total. The summed E-state index contributed by atoms with van der Waals surface area (Å²) in [6.07, 6.45) is -0.952. The fraction of sp³-hybridized carbons (Fsp3) is 0.500. The fourth-order valence-electron chi connectivity index (χ4n) is 1.71. The van der Waals surface area contributed by atoms with Gasteiger partial charge < -0.3 is 10.4 Å². The molecule has 9 heteroatoms. The largest absolute Gasteiger partial charge is 0.435 e. The Morgan fingerprint density at radius 1 is 1.33 bits per heavy atom. The number of halogens is 3. The van der Waals surface area contributed by atoms with Gasteiger partial charge in [-0.15, -0.1) is 0 Å². The molecule has 0 unspecified atom stereocenters. The van der Waals surface area contributed by atoms with Gasteiger partial charge in [-0.3, -0.25) is 0 Å². The minimum absolute atomic E-state index is 0.164. The molecule has 2 rings (SSSR count). The highest BCUT2D eigenvalue weighted by Gasteiger charge is 2.34. The van der Waals surface area contributed by atoms with Gasteiger partial charge in [0.15, 0.2) is 11.5 Å². The van der Waals surface area contributed by atoms with Crippen molar-refractivity contribution in [3.63, 3.8) is 0 Å². The number of nitrogens with one attached hydrogen (secondary N) is 1. The monoisotopic (exact) mass is 320 g/mol. The molecule has 0 aliphatic carbocycles. The first kappa shape index (κ1) is 15.9. The molecule has 21 heavy (non-hydrogen) atoms. The summed E-state index contributed by atoms with van der Waals surface area (Å²) in [6.45, 7) is 0.743. The number of nitrogens with zero attached hydrogens (tertiary/aromatic N) is 3. The Morgan fingerprint density at radius 3 is 2.86 bits per heavy atom. The van der Waals surface area contributed by atoms with E-state index in [1.807, 2.05) is 0 Å². The van der Waals surface area contributed by atoms with Crippen LogP contribution in [-0.4, -0.2) is 44.4 Å². The molecule has 0 aliphatic heterocycles. The number of aliphatic hydroxyl groups excluding tert-OH is 1. The maximum absolute atomic E-state index is 12.6. The number of alkyl halides is 3. The zero-order valence-corrected chi connectivity index (χ0v) is 11.9. The molecule has 0 aromatic carbocycles. The third-order valence-electron chi connectivity index (χ3n) is 2.67. The predicted octanol–water partition coefficient (Wildman–Crippen LogP) is 2.28. The Hall–Kier alpha value is -1.48. The van der Waals surface area contributed by atoms with E-state index >= 15 is 0 Å². The van der Waals surface area contributed by atoms with Gasteiger partial charge >= 0.3 is 6.18 Å². The second kappa shape index (κ2) is 6.99. The highest BCUT2D eigenvalue weighted by molar-refractivity contribution is 7.99. The van der Waals surface area contributed by atoms with Gasteiger partial charge in [-0.2, -0.15) is 30.0 Å². The molecule has 2 heterocycles. The number of hydrogen-bond donors (Lipinski definition) is 2. The van der Waals surface area contributed by atoms with Gasteiger partial charge in [-0.05, 0) is 12.2 Å². The molecule has 0 aliphatic rings. The van der Waals surface area contributed by atoms with Gasteiger partial charge in [0.25, 0.3) is 0 Å². The summed E-state index contributed by atoms with van der Waals surface area (Å²) in [5.74, 6) is 2.01. The van der Waals surface area contributed by atoms with E-state index in [1.165, 1.54) is 12.4 Å². The number of anilines is 1. The van der Waals surface area contributed by atoms with E-state index in [-0.39, 0.29) is 6.61 Å². The van der Waals surface area contributed by atoms with Crippen LogP contribution in [0.3, 0.4) is 0 Å². The van der Waals surface area contributed by atoms with E-state index < -0.39 is 11.9 Å². The van der Waals surface area contributed by atoms with Crippen LogP contribution < -0.4 is 5.32 Å². The molecule has 0 amide bonds. The van der Waals surface area contributed by atoms with Gasteiger partial charge in [-0.1, -0.05) is 0 Å². The quantitative estimate of drug-likeness (QED) is 0.766. The first-order valence-corrected chi connectivity index (χ1v) is 7.52. The first-order chi connectivity index (χ1) is 10.0. The van der Waals surface area contributed by atoms with Gasteiger partial charge in [0.1, 0.15) is 5.52 Å². The standard InChI is InChI=1S/C12H15F3N4OS/c13-12(14,15)10-8-9-11(16-2-4-19(9)18-10)17-3-7-21-6-1-5-20/h2,4,8,20H,1,3,5-7H2,(H,16,17). The molecule has 2 aromatic heterocycles. The number of aliphatic hydroxyl groups is 1. The number of aromatic nitrogens is 3. The van der Waals surface area contributed by atoms with E-state index in [2.05, 4.69) is 15.4 Å². The number of rotatable bonds is 7. The lowest BCUT2D eigenvalue weighted by Gasteiger charge is -2.06. The van der Waals surface area contributed by atoms with Crippen LogP contribution in [0.25, 0.3) is 5.52 Å². The van der Waals surface area contributed by atoms with E-state index in [4.69, 9.17) is 5.11 Å². The van der Waals surface area contributed by atoms with Gasteiger partial charge in [0.05, 0.1) is 0 Å². The maximum Gasteiger partial charge on any atom is 0.435 e. The molecule has 2 aromatic rings. The topological polar surface area (TPSA) is 62.5 Å². The number of fused-ring (bicyclic) bond motifs is 1. The van der Waals surface area contributed by atoms with Crippen LogP contribution in [0, 0.1) is 0 Å². The van der Waals surface area contributed by atoms with Crippen LogP contribution in [0.15, 0.2) is 18.5 Å². The molecular formula is C12H15F3N4OS. The Kier molecular flexibility index (Phi) is 5.29. The van der Waals surface area contributed by atoms with Crippen LogP contribution in [0.4, 0.5) is 19.0 Å². The Balaban J connectivity index is 2.01. The second-order valence-electron chi connectivity index (χ2n) is 4.25. The number of hydrogen-bond acceptors (Lipinski definition) is 5. The molecule has 0 bridgehead atoms. The van der Waals surface area contributed by atoms with Crippen molar-refractivity contribution in [1.82, 2.24) is 14.6 Å². The second-order valence-corrected chi connectivity index (χ2v) is 5.47. The highest BCUT2D eigenvalue weighted by Crippen LogP contribution is 2.29. The van der Waals surface area contributed by atoms with Crippen LogP contribution in [0.1, 0.15) is 12.1 Å². The summed E-state index contributed by atoms with van der Waals surface area (Å²) in [7, 11) is 0. The molecule has 0 spiro atoms. The third kappa shape index (κ3) is 4.24. The van der Waals surface area contributed by atoms with E-state index in [1.54, 1.807) is 11.8 Å². The smallest absolute Gasteiger partial charge is 0.396 e. The predicted molar refractivity (Wildman–Crippen MR) is 75.5 cm³/mol. The summed E-state index contributed by atoms with van der Waals surface area (Å²) in [4.78, 5) is 4.05. The minimum Gasteiger partial charge on any atom is -0.396 e. The minimum atomic E-state index is -4.47. The highest BCUT2D eigenvalue weighted by atomic mass is 32.2. The van der Waals surface area contributed by atoms with Crippen LogP contribution >= 0.6 is 11.8 Å². The maximum atomic E-state index is 12.6. The fourth-order valence-corrected chi connectivity index (χ4v) is 2.49. The molecule has 0 saturated carbocycles. The molecule has 0 fully saturated rings. The Labute approximate surface area is 123 Å². The average Bonchev–Trinajstić information content (AvgIpc) is 2.87. The summed E-state index contributed by atoms with van der Waals surface area (Å²) in [5.41, 5.74) is -0.638. The molecule has 0 radical (unpaired) electrons. The van der Waals surface area contributed by atoms with Crippen LogP contribution in [-0.2, 0) is 6.18 Å². The lowest BCUT2D eigenvalue weighted by molar-refractivity contribution is -0.141. The lowest BCUT2D eigenvalue weighted by atomic mass is 10.3. The first-order valence-electron chi connectivity index (χ1n) is 6.36. The van der Waals surface area contributed by atoms with Crippen molar-refractivity contribution in [2.45, 2.75) is 12.6 Å². The Bertz CT molecular complexity index is 587. The van der Waals surface area contributed by atoms with Crippen molar-refractivity contribution in [3.05, 3.63) is 24.2 Å². The average molecular weight is 320 g/mol. The van der Waals surface area contributed by atoms with Crippen molar-refractivity contribution in [3.8, 4) is 0 Å². The zero-order valence-electron chi connectivity index (χ0n) is 11.1. The third-order valence-corrected chi connectivity index (χ3v) is 3.74. The van der Waals surface area contributed by atoms with Crippen LogP contribution in [0.5, 0.6) is 0 Å². The lowest BCUT2D eigenvalue weighted by Crippen LogP contribution is -2.07. The van der Waals surface area contributed by atoms with Crippen molar-refractivity contribution in [1.29, 1.82) is 0 Å².